The van der Waals surface area contributed by atoms with E-state index in [1.54, 1.807) is 12.1 Å². The van der Waals surface area contributed by atoms with Crippen LogP contribution in [0.2, 0.25) is 0 Å². The molecular weight excluding hydrogens is 287 g/mol. The van der Waals surface area contributed by atoms with Crippen LogP contribution in [-0.2, 0) is 0 Å². The number of rotatable bonds is 3. The summed E-state index contributed by atoms with van der Waals surface area (Å²) in [5.41, 5.74) is 0.528. The Morgan fingerprint density at radius 3 is 2.59 bits per heavy atom. The first-order valence-corrected chi connectivity index (χ1v) is 6.07. The third-order valence-electron chi connectivity index (χ3n) is 2.49. The molecule has 4 heteroatoms. The van der Waals surface area contributed by atoms with Crippen LogP contribution in [0.1, 0.15) is 21.9 Å². The Balaban J connectivity index is 2.34. The molecule has 90 valence electrons. The van der Waals surface area contributed by atoms with Crippen LogP contribution >= 0.6 is 15.9 Å². The van der Waals surface area contributed by atoms with Gasteiger partial charge in [0, 0.05) is 11.6 Å². The van der Waals surface area contributed by atoms with Gasteiger partial charge in [-0.25, -0.2) is 4.39 Å². The summed E-state index contributed by atoms with van der Waals surface area (Å²) < 4.78 is 24.3. The van der Waals surface area contributed by atoms with Crippen LogP contribution in [0.5, 0.6) is 5.75 Å². The molecule has 0 spiro atoms. The maximum atomic E-state index is 13.8. The van der Waals surface area contributed by atoms with Gasteiger partial charge in [-0.3, -0.25) is 0 Å². The van der Waals surface area contributed by atoms with E-state index in [4.69, 9.17) is 9.15 Å². The number of furan rings is 1. The molecule has 0 aliphatic heterocycles. The fourth-order valence-corrected chi connectivity index (χ4v) is 2.20. The quantitative estimate of drug-likeness (QED) is 0.792. The number of ether oxygens (including phenoxy) is 1. The predicted molar refractivity (Wildman–Crippen MR) is 67.2 cm³/mol. The summed E-state index contributed by atoms with van der Waals surface area (Å²) in [7, 11) is 1.51. The molecule has 0 aliphatic rings. The van der Waals surface area contributed by atoms with Gasteiger partial charge in [-0.05, 0) is 25.1 Å². The second-order valence-corrected chi connectivity index (χ2v) is 4.61. The predicted octanol–water partition coefficient (Wildman–Crippen LogP) is 4.22. The number of hydrogen-bond donors (Lipinski definition) is 0. The highest BCUT2D eigenvalue weighted by Gasteiger charge is 2.18. The molecular formula is C13H12BrFO2. The molecule has 17 heavy (non-hydrogen) atoms. The van der Waals surface area contributed by atoms with E-state index in [1.807, 2.05) is 19.1 Å². The number of alkyl halides is 1. The van der Waals surface area contributed by atoms with Crippen molar-refractivity contribution in [2.24, 2.45) is 0 Å². The number of halogens is 2. The minimum absolute atomic E-state index is 0.290. The molecule has 0 aliphatic carbocycles. The van der Waals surface area contributed by atoms with Gasteiger partial charge in [0.25, 0.3) is 0 Å². The number of benzene rings is 1. The SMILES string of the molecule is COc1ccc(C(Br)c2ccc(C)o2)c(F)c1. The second kappa shape index (κ2) is 4.92. The average Bonchev–Trinajstić information content (AvgIpc) is 2.75. The van der Waals surface area contributed by atoms with Gasteiger partial charge < -0.3 is 9.15 Å². The van der Waals surface area contributed by atoms with Crippen LogP contribution in [0, 0.1) is 12.7 Å². The van der Waals surface area contributed by atoms with Crippen molar-refractivity contribution in [1.29, 1.82) is 0 Å². The maximum Gasteiger partial charge on any atom is 0.131 e. The maximum absolute atomic E-state index is 13.8. The Hall–Kier alpha value is -1.29. The second-order valence-electron chi connectivity index (χ2n) is 3.70. The van der Waals surface area contributed by atoms with Crippen molar-refractivity contribution in [2.45, 2.75) is 11.8 Å². The van der Waals surface area contributed by atoms with Gasteiger partial charge >= 0.3 is 0 Å². The van der Waals surface area contributed by atoms with Crippen molar-refractivity contribution < 1.29 is 13.5 Å². The van der Waals surface area contributed by atoms with Crippen molar-refractivity contribution >= 4 is 15.9 Å². The average molecular weight is 299 g/mol. The highest BCUT2D eigenvalue weighted by molar-refractivity contribution is 9.09. The van der Waals surface area contributed by atoms with Gasteiger partial charge in [0.1, 0.15) is 27.9 Å². The molecule has 0 saturated carbocycles. The lowest BCUT2D eigenvalue weighted by atomic mass is 10.1. The van der Waals surface area contributed by atoms with E-state index in [0.29, 0.717) is 17.1 Å². The third kappa shape index (κ3) is 2.52. The highest BCUT2D eigenvalue weighted by atomic mass is 79.9. The first-order chi connectivity index (χ1) is 8.11. The summed E-state index contributed by atoms with van der Waals surface area (Å²) in [5, 5.41) is 0. The van der Waals surface area contributed by atoms with E-state index in [2.05, 4.69) is 15.9 Å². The van der Waals surface area contributed by atoms with Gasteiger partial charge in [0.05, 0.1) is 7.11 Å². The minimum atomic E-state index is -0.319. The van der Waals surface area contributed by atoms with E-state index in [9.17, 15) is 4.39 Å². The lowest BCUT2D eigenvalue weighted by molar-refractivity contribution is 0.410. The molecule has 1 aromatic heterocycles. The standard InChI is InChI=1S/C13H12BrFO2/c1-8-3-6-12(17-8)13(14)10-5-4-9(16-2)7-11(10)15/h3-7,13H,1-2H3. The van der Waals surface area contributed by atoms with E-state index >= 15 is 0 Å². The lowest BCUT2D eigenvalue weighted by Crippen LogP contribution is -1.96. The fourth-order valence-electron chi connectivity index (χ4n) is 1.58. The molecule has 0 amide bonds. The number of hydrogen-bond acceptors (Lipinski definition) is 2. The summed E-state index contributed by atoms with van der Waals surface area (Å²) in [5.74, 6) is 1.67. The molecule has 0 fully saturated rings. The van der Waals surface area contributed by atoms with Crippen LogP contribution < -0.4 is 4.74 Å². The van der Waals surface area contributed by atoms with Crippen LogP contribution in [0.25, 0.3) is 0 Å². The normalized spacial score (nSPS) is 12.5. The number of aryl methyl sites for hydroxylation is 1. The van der Waals surface area contributed by atoms with Crippen molar-refractivity contribution in [3.63, 3.8) is 0 Å². The fraction of sp³-hybridized carbons (Fsp3) is 0.231. The van der Waals surface area contributed by atoms with Crippen molar-refractivity contribution in [2.75, 3.05) is 7.11 Å². The van der Waals surface area contributed by atoms with Crippen LogP contribution in [-0.4, -0.2) is 7.11 Å². The Kier molecular flexibility index (Phi) is 3.52. The Morgan fingerprint density at radius 1 is 1.29 bits per heavy atom. The molecule has 0 saturated heterocycles. The minimum Gasteiger partial charge on any atom is -0.497 e. The molecule has 1 heterocycles. The van der Waals surface area contributed by atoms with Crippen LogP contribution in [0.15, 0.2) is 34.7 Å². The van der Waals surface area contributed by atoms with E-state index in [1.165, 1.54) is 13.2 Å². The van der Waals surface area contributed by atoms with E-state index in [-0.39, 0.29) is 10.6 Å². The molecule has 2 nitrogen and oxygen atoms in total. The molecule has 1 atom stereocenters. The number of methoxy groups -OCH3 is 1. The molecule has 0 bridgehead atoms. The molecule has 2 aromatic rings. The summed E-state index contributed by atoms with van der Waals surface area (Å²) in [4.78, 5) is -0.290. The molecule has 1 aromatic carbocycles. The summed E-state index contributed by atoms with van der Waals surface area (Å²) in [6, 6.07) is 8.46. The Labute approximate surface area is 108 Å². The Morgan fingerprint density at radius 2 is 2.06 bits per heavy atom. The smallest absolute Gasteiger partial charge is 0.131 e. The van der Waals surface area contributed by atoms with E-state index in [0.717, 1.165) is 5.76 Å². The zero-order valence-corrected chi connectivity index (χ0v) is 11.1. The first kappa shape index (κ1) is 12.2. The highest BCUT2D eigenvalue weighted by Crippen LogP contribution is 2.34. The van der Waals surface area contributed by atoms with Crippen molar-refractivity contribution in [3.8, 4) is 5.75 Å². The molecule has 1 unspecified atom stereocenters. The van der Waals surface area contributed by atoms with Gasteiger partial charge in [0.2, 0.25) is 0 Å². The lowest BCUT2D eigenvalue weighted by Gasteiger charge is -2.09. The van der Waals surface area contributed by atoms with Crippen molar-refractivity contribution in [3.05, 3.63) is 53.2 Å². The Bertz CT molecular complexity index is 522. The van der Waals surface area contributed by atoms with Gasteiger partial charge in [-0.15, -0.1) is 0 Å². The molecule has 0 N–H and O–H groups in total. The zero-order valence-electron chi connectivity index (χ0n) is 9.54. The molecule has 0 radical (unpaired) electrons. The van der Waals surface area contributed by atoms with Gasteiger partial charge in [0.15, 0.2) is 0 Å². The topological polar surface area (TPSA) is 22.4 Å². The summed E-state index contributed by atoms with van der Waals surface area (Å²) >= 11 is 3.43. The van der Waals surface area contributed by atoms with Crippen LogP contribution in [0.4, 0.5) is 4.39 Å². The van der Waals surface area contributed by atoms with E-state index < -0.39 is 0 Å². The third-order valence-corrected chi connectivity index (χ3v) is 3.44. The van der Waals surface area contributed by atoms with Crippen LogP contribution in [0.3, 0.4) is 0 Å². The molecule has 2 rings (SSSR count). The summed E-state index contributed by atoms with van der Waals surface area (Å²) in [6.07, 6.45) is 0. The summed E-state index contributed by atoms with van der Waals surface area (Å²) in [6.45, 7) is 1.85. The largest absolute Gasteiger partial charge is 0.497 e. The van der Waals surface area contributed by atoms with Gasteiger partial charge in [-0.2, -0.15) is 0 Å². The van der Waals surface area contributed by atoms with Crippen molar-refractivity contribution in [1.82, 2.24) is 0 Å². The monoisotopic (exact) mass is 298 g/mol. The first-order valence-electron chi connectivity index (χ1n) is 5.15. The van der Waals surface area contributed by atoms with Gasteiger partial charge in [-0.1, -0.05) is 22.0 Å². The zero-order chi connectivity index (χ0) is 12.4.